The van der Waals surface area contributed by atoms with Crippen LogP contribution in [0.4, 0.5) is 0 Å². The van der Waals surface area contributed by atoms with Gasteiger partial charge in [-0.05, 0) is 43.1 Å². The second-order valence-electron chi connectivity index (χ2n) is 5.55. The highest BCUT2D eigenvalue weighted by Crippen LogP contribution is 2.34. The maximum atomic E-state index is 11.8. The van der Waals surface area contributed by atoms with E-state index < -0.39 is 15.1 Å². The Morgan fingerprint density at radius 1 is 1.43 bits per heavy atom. The van der Waals surface area contributed by atoms with E-state index in [4.69, 9.17) is 16.3 Å². The maximum Gasteiger partial charge on any atom is 0.151 e. The number of benzene rings is 1. The van der Waals surface area contributed by atoms with E-state index in [0.29, 0.717) is 24.6 Å². The summed E-state index contributed by atoms with van der Waals surface area (Å²) in [5.41, 5.74) is 2.09. The molecule has 6 heteroatoms. The van der Waals surface area contributed by atoms with E-state index in [1.165, 1.54) is 6.26 Å². The lowest BCUT2D eigenvalue weighted by molar-refractivity contribution is 0.351. The summed E-state index contributed by atoms with van der Waals surface area (Å²) in [5, 5.41) is 3.48. The van der Waals surface area contributed by atoms with Crippen molar-refractivity contribution in [3.8, 4) is 5.75 Å². The lowest BCUT2D eigenvalue weighted by Crippen LogP contribution is -2.43. The number of fused-ring (bicyclic) bond motifs is 1. The third kappa shape index (κ3) is 3.90. The van der Waals surface area contributed by atoms with Gasteiger partial charge in [0.2, 0.25) is 0 Å². The summed E-state index contributed by atoms with van der Waals surface area (Å²) >= 11 is 6.16. The van der Waals surface area contributed by atoms with Crippen LogP contribution in [-0.2, 0) is 22.7 Å². The Balaban J connectivity index is 2.29. The average Bonchev–Trinajstić information content (AvgIpc) is 2.84. The van der Waals surface area contributed by atoms with Crippen molar-refractivity contribution in [3.63, 3.8) is 0 Å². The summed E-state index contributed by atoms with van der Waals surface area (Å²) < 4.78 is 29.4. The third-order valence-corrected chi connectivity index (χ3v) is 5.87. The minimum absolute atomic E-state index is 0.156. The van der Waals surface area contributed by atoms with Gasteiger partial charge in [-0.3, -0.25) is 0 Å². The number of likely N-dealkylation sites (N-methyl/N-ethyl adjacent to an activating group) is 1. The molecule has 1 aromatic rings. The van der Waals surface area contributed by atoms with E-state index in [2.05, 4.69) is 5.32 Å². The van der Waals surface area contributed by atoms with E-state index in [1.807, 2.05) is 19.1 Å². The Morgan fingerprint density at radius 2 is 2.14 bits per heavy atom. The molecule has 0 saturated carbocycles. The fourth-order valence-electron chi connectivity index (χ4n) is 2.70. The Kier molecular flexibility index (Phi) is 5.17. The predicted octanol–water partition coefficient (Wildman–Crippen LogP) is 2.23. The number of halogens is 1. The number of hydrogen-bond donors (Lipinski definition) is 1. The lowest BCUT2D eigenvalue weighted by atomic mass is 10.00. The maximum absolute atomic E-state index is 11.8. The van der Waals surface area contributed by atoms with Gasteiger partial charge >= 0.3 is 0 Å². The summed E-state index contributed by atoms with van der Waals surface area (Å²) in [6.07, 6.45) is 2.72. The van der Waals surface area contributed by atoms with Crippen LogP contribution in [0.15, 0.2) is 12.1 Å². The number of sulfone groups is 1. The molecule has 21 heavy (non-hydrogen) atoms. The van der Waals surface area contributed by atoms with Crippen LogP contribution in [0.2, 0.25) is 5.02 Å². The highest BCUT2D eigenvalue weighted by atomic mass is 35.5. The van der Waals surface area contributed by atoms with Gasteiger partial charge in [-0.1, -0.05) is 18.5 Å². The highest BCUT2D eigenvalue weighted by Gasteiger charge is 2.28. The van der Waals surface area contributed by atoms with Gasteiger partial charge < -0.3 is 10.1 Å². The van der Waals surface area contributed by atoms with Crippen LogP contribution in [0.25, 0.3) is 0 Å². The molecule has 1 aromatic carbocycles. The second-order valence-corrected chi connectivity index (χ2v) is 8.39. The molecule has 2 atom stereocenters. The van der Waals surface area contributed by atoms with Gasteiger partial charge in [-0.15, -0.1) is 0 Å². The van der Waals surface area contributed by atoms with Crippen molar-refractivity contribution in [3.05, 3.63) is 28.3 Å². The smallest absolute Gasteiger partial charge is 0.151 e. The van der Waals surface area contributed by atoms with E-state index in [0.717, 1.165) is 23.3 Å². The molecule has 2 unspecified atom stereocenters. The molecule has 1 heterocycles. The molecule has 0 saturated heterocycles. The van der Waals surface area contributed by atoms with Crippen molar-refractivity contribution >= 4 is 21.4 Å². The van der Waals surface area contributed by atoms with Crippen LogP contribution >= 0.6 is 11.6 Å². The molecule has 0 spiro atoms. The summed E-state index contributed by atoms with van der Waals surface area (Å²) in [5.74, 6) is 0.878. The molecule has 4 nitrogen and oxygen atoms in total. The van der Waals surface area contributed by atoms with Crippen LogP contribution in [0, 0.1) is 0 Å². The first-order chi connectivity index (χ1) is 9.82. The predicted molar refractivity (Wildman–Crippen MR) is 86.1 cm³/mol. The Morgan fingerprint density at radius 3 is 2.76 bits per heavy atom. The van der Waals surface area contributed by atoms with Gasteiger partial charge in [-0.25, -0.2) is 8.42 Å². The van der Waals surface area contributed by atoms with Crippen molar-refractivity contribution in [2.75, 3.05) is 19.4 Å². The molecule has 1 aliphatic heterocycles. The average molecular weight is 332 g/mol. The number of hydrogen-bond acceptors (Lipinski definition) is 4. The fraction of sp³-hybridized carbons (Fsp3) is 0.600. The summed E-state index contributed by atoms with van der Waals surface area (Å²) in [6.45, 7) is 5.10. The molecule has 1 aliphatic rings. The second kappa shape index (κ2) is 6.55. The van der Waals surface area contributed by atoms with Crippen molar-refractivity contribution in [2.24, 2.45) is 0 Å². The third-order valence-electron chi connectivity index (χ3n) is 3.97. The Hall–Kier alpha value is -0.780. The van der Waals surface area contributed by atoms with Gasteiger partial charge in [0.15, 0.2) is 9.84 Å². The molecule has 2 rings (SSSR count). The quantitative estimate of drug-likeness (QED) is 0.868. The van der Waals surface area contributed by atoms with Gasteiger partial charge in [0, 0.05) is 23.7 Å². The van der Waals surface area contributed by atoms with Crippen molar-refractivity contribution < 1.29 is 13.2 Å². The van der Waals surface area contributed by atoms with Crippen LogP contribution in [0.5, 0.6) is 5.75 Å². The summed E-state index contributed by atoms with van der Waals surface area (Å²) in [6, 6.07) is 3.65. The highest BCUT2D eigenvalue weighted by molar-refractivity contribution is 7.91. The first-order valence-electron chi connectivity index (χ1n) is 7.19. The number of rotatable bonds is 6. The normalized spacial score (nSPS) is 17.1. The van der Waals surface area contributed by atoms with Crippen LogP contribution in [0.1, 0.15) is 25.0 Å². The zero-order valence-electron chi connectivity index (χ0n) is 12.6. The Labute approximate surface area is 131 Å². The molecule has 0 bridgehead atoms. The van der Waals surface area contributed by atoms with E-state index in [1.54, 1.807) is 6.92 Å². The van der Waals surface area contributed by atoms with Crippen LogP contribution < -0.4 is 10.1 Å². The van der Waals surface area contributed by atoms with Crippen LogP contribution in [0.3, 0.4) is 0 Å². The molecule has 1 N–H and O–H groups in total. The zero-order valence-corrected chi connectivity index (χ0v) is 14.2. The molecule has 0 radical (unpaired) electrons. The van der Waals surface area contributed by atoms with Gasteiger partial charge in [-0.2, -0.15) is 0 Å². The largest absolute Gasteiger partial charge is 0.493 e. The molecule has 0 fully saturated rings. The van der Waals surface area contributed by atoms with E-state index in [-0.39, 0.29) is 6.04 Å². The first kappa shape index (κ1) is 16.6. The molecular formula is C15H22ClNO3S. The molecule has 0 aromatic heterocycles. The van der Waals surface area contributed by atoms with E-state index in [9.17, 15) is 8.42 Å². The minimum atomic E-state index is -3.10. The topological polar surface area (TPSA) is 55.4 Å². The van der Waals surface area contributed by atoms with Gasteiger partial charge in [0.1, 0.15) is 5.75 Å². The zero-order chi connectivity index (χ0) is 15.6. The molecule has 0 aliphatic carbocycles. The summed E-state index contributed by atoms with van der Waals surface area (Å²) in [4.78, 5) is 0. The molecule has 0 amide bonds. The van der Waals surface area contributed by atoms with Crippen LogP contribution in [-0.4, -0.2) is 39.1 Å². The van der Waals surface area contributed by atoms with Gasteiger partial charge in [0.05, 0.1) is 11.9 Å². The summed E-state index contributed by atoms with van der Waals surface area (Å²) in [7, 11) is -3.10. The van der Waals surface area contributed by atoms with Crippen molar-refractivity contribution in [1.82, 2.24) is 5.32 Å². The van der Waals surface area contributed by atoms with E-state index >= 15 is 0 Å². The molecular weight excluding hydrogens is 310 g/mol. The number of ether oxygens (including phenoxy) is 1. The fourth-order valence-corrected chi connectivity index (χ4v) is 3.75. The minimum Gasteiger partial charge on any atom is -0.493 e. The monoisotopic (exact) mass is 331 g/mol. The van der Waals surface area contributed by atoms with Crippen molar-refractivity contribution in [2.45, 2.75) is 38.0 Å². The molecule has 118 valence electrons. The SMILES string of the molecule is CCNC(Cc1cc(Cl)cc2c1OCC2)C(C)S(C)(=O)=O. The standard InChI is InChI=1S/C15H22ClNO3S/c1-4-17-14(10(2)21(3,18)19)9-12-8-13(16)7-11-5-6-20-15(11)12/h7-8,10,14,17H,4-6,9H2,1-3H3. The first-order valence-corrected chi connectivity index (χ1v) is 9.52. The van der Waals surface area contributed by atoms with Gasteiger partial charge in [0.25, 0.3) is 0 Å². The Bertz CT molecular complexity index is 616. The lowest BCUT2D eigenvalue weighted by Gasteiger charge is -2.24. The number of nitrogens with one attached hydrogen (secondary N) is 1. The van der Waals surface area contributed by atoms with Crippen molar-refractivity contribution in [1.29, 1.82) is 0 Å².